The molecule has 2 aliphatic heterocycles. The van der Waals surface area contributed by atoms with Crippen LogP contribution in [0.15, 0.2) is 47.3 Å². The SMILES string of the molecule is COc1ccc2c(C(=O)NCCO)cc(=O)n(CCN3CCC(N(Cc4ccc5c(c4)OCCO5)C(=O)OC(C)(C)C)CC3)c2c1. The lowest BCUT2D eigenvalue weighted by Crippen LogP contribution is -2.49. The number of hydrogen-bond acceptors (Lipinski definition) is 9. The predicted molar refractivity (Wildman–Crippen MR) is 173 cm³/mol. The van der Waals surface area contributed by atoms with Crippen LogP contribution < -0.4 is 25.1 Å². The number of fused-ring (bicyclic) bond motifs is 2. The van der Waals surface area contributed by atoms with E-state index in [9.17, 15) is 14.4 Å². The van der Waals surface area contributed by atoms with E-state index in [0.29, 0.717) is 61.0 Å². The number of aromatic nitrogens is 1. The van der Waals surface area contributed by atoms with Crippen LogP contribution in [0, 0.1) is 0 Å². The van der Waals surface area contributed by atoms with Gasteiger partial charge in [0.1, 0.15) is 24.6 Å². The molecule has 248 valence electrons. The monoisotopic (exact) mass is 636 g/mol. The van der Waals surface area contributed by atoms with Crippen LogP contribution in [0.3, 0.4) is 0 Å². The third-order valence-electron chi connectivity index (χ3n) is 8.19. The second kappa shape index (κ2) is 14.4. The molecule has 3 aromatic rings. The van der Waals surface area contributed by atoms with Gasteiger partial charge >= 0.3 is 6.09 Å². The lowest BCUT2D eigenvalue weighted by molar-refractivity contribution is 0.00561. The Balaban J connectivity index is 1.29. The number of likely N-dealkylation sites (tertiary alicyclic amines) is 1. The average Bonchev–Trinajstić information content (AvgIpc) is 3.04. The summed E-state index contributed by atoms with van der Waals surface area (Å²) in [6, 6.07) is 12.4. The van der Waals surface area contributed by atoms with Gasteiger partial charge in [-0.15, -0.1) is 0 Å². The molecule has 0 bridgehead atoms. The van der Waals surface area contributed by atoms with Crippen LogP contribution in [0.5, 0.6) is 17.2 Å². The standard InChI is InChI=1S/C34H44N4O8/c1-34(2,3)46-33(42)38(22-23-5-8-29-30(19-23)45-18-17-44-29)24-9-12-36(13-10-24)14-15-37-28-20-25(43-4)6-7-26(28)27(21-31(37)40)32(41)35-11-16-39/h5-8,19-21,24,39H,9-18,22H2,1-4H3,(H,35,41). The summed E-state index contributed by atoms with van der Waals surface area (Å²) in [5.74, 6) is 1.55. The molecular weight excluding hydrogens is 592 g/mol. The van der Waals surface area contributed by atoms with Gasteiger partial charge in [0.05, 0.1) is 24.8 Å². The molecular formula is C34H44N4O8. The first-order valence-corrected chi connectivity index (χ1v) is 15.8. The zero-order chi connectivity index (χ0) is 32.8. The fourth-order valence-corrected chi connectivity index (χ4v) is 5.91. The first kappa shape index (κ1) is 33.1. The minimum absolute atomic E-state index is 0.0242. The van der Waals surface area contributed by atoms with Crippen LogP contribution in [0.25, 0.3) is 10.9 Å². The molecule has 1 aromatic heterocycles. The van der Waals surface area contributed by atoms with Gasteiger partial charge < -0.3 is 43.7 Å². The zero-order valence-corrected chi connectivity index (χ0v) is 27.0. The number of nitrogens with one attached hydrogen (secondary N) is 1. The molecule has 2 aromatic carbocycles. The topological polar surface area (TPSA) is 132 Å². The molecule has 0 spiro atoms. The Morgan fingerprint density at radius 3 is 2.46 bits per heavy atom. The van der Waals surface area contributed by atoms with Gasteiger partial charge in [0.2, 0.25) is 0 Å². The molecule has 2 aliphatic rings. The number of carbonyl (C=O) groups is 2. The van der Waals surface area contributed by atoms with Crippen molar-refractivity contribution in [2.75, 3.05) is 53.1 Å². The number of aliphatic hydroxyl groups is 1. The Bertz CT molecular complexity index is 1610. The number of pyridine rings is 1. The van der Waals surface area contributed by atoms with Gasteiger partial charge in [-0.3, -0.25) is 9.59 Å². The first-order chi connectivity index (χ1) is 22.1. The Kier molecular flexibility index (Phi) is 10.4. The average molecular weight is 637 g/mol. The van der Waals surface area contributed by atoms with E-state index in [0.717, 1.165) is 31.5 Å². The molecule has 0 aliphatic carbocycles. The summed E-state index contributed by atoms with van der Waals surface area (Å²) < 4.78 is 24.3. The number of methoxy groups -OCH3 is 1. The number of rotatable bonds is 10. The summed E-state index contributed by atoms with van der Waals surface area (Å²) in [6.07, 6.45) is 1.14. The fourth-order valence-electron chi connectivity index (χ4n) is 5.91. The number of aliphatic hydroxyl groups excluding tert-OH is 1. The van der Waals surface area contributed by atoms with Crippen LogP contribution >= 0.6 is 0 Å². The highest BCUT2D eigenvalue weighted by atomic mass is 16.6. The number of piperidine rings is 1. The van der Waals surface area contributed by atoms with E-state index in [4.69, 9.17) is 24.1 Å². The Hall–Kier alpha value is -4.29. The number of ether oxygens (including phenoxy) is 4. The third-order valence-corrected chi connectivity index (χ3v) is 8.19. The lowest BCUT2D eigenvalue weighted by Gasteiger charge is -2.39. The lowest BCUT2D eigenvalue weighted by atomic mass is 10.0. The predicted octanol–water partition coefficient (Wildman–Crippen LogP) is 3.41. The highest BCUT2D eigenvalue weighted by molar-refractivity contribution is 6.06. The van der Waals surface area contributed by atoms with Crippen LogP contribution in [-0.2, 0) is 17.8 Å². The largest absolute Gasteiger partial charge is 0.497 e. The van der Waals surface area contributed by atoms with E-state index in [1.165, 1.54) is 6.07 Å². The number of hydrogen-bond donors (Lipinski definition) is 2. The molecule has 3 heterocycles. The summed E-state index contributed by atoms with van der Waals surface area (Å²) in [7, 11) is 1.56. The van der Waals surface area contributed by atoms with Crippen LogP contribution in [0.1, 0.15) is 49.5 Å². The van der Waals surface area contributed by atoms with Crippen molar-refractivity contribution in [1.82, 2.24) is 19.7 Å². The van der Waals surface area contributed by atoms with Gasteiger partial charge in [-0.1, -0.05) is 6.07 Å². The van der Waals surface area contributed by atoms with Gasteiger partial charge in [0.15, 0.2) is 11.5 Å². The summed E-state index contributed by atoms with van der Waals surface area (Å²) >= 11 is 0. The van der Waals surface area contributed by atoms with Gasteiger partial charge in [0.25, 0.3) is 11.5 Å². The number of amides is 2. The van der Waals surface area contributed by atoms with Gasteiger partial charge in [-0.25, -0.2) is 4.79 Å². The van der Waals surface area contributed by atoms with E-state index in [-0.39, 0.29) is 36.4 Å². The van der Waals surface area contributed by atoms with Gasteiger partial charge in [-0.05, 0) is 63.4 Å². The van der Waals surface area contributed by atoms with Gasteiger partial charge in [-0.2, -0.15) is 0 Å². The van der Waals surface area contributed by atoms with E-state index in [1.807, 2.05) is 43.9 Å². The smallest absolute Gasteiger partial charge is 0.410 e. The van der Waals surface area contributed by atoms with Crippen molar-refractivity contribution in [1.29, 1.82) is 0 Å². The van der Waals surface area contributed by atoms with E-state index in [2.05, 4.69) is 10.2 Å². The molecule has 0 radical (unpaired) electrons. The Labute approximate surface area is 268 Å². The van der Waals surface area contributed by atoms with Crippen molar-refractivity contribution in [3.05, 3.63) is 63.9 Å². The van der Waals surface area contributed by atoms with Crippen molar-refractivity contribution < 1.29 is 33.6 Å². The number of nitrogens with zero attached hydrogens (tertiary/aromatic N) is 3. The van der Waals surface area contributed by atoms with E-state index >= 15 is 0 Å². The van der Waals surface area contributed by atoms with Crippen molar-refractivity contribution in [2.24, 2.45) is 0 Å². The van der Waals surface area contributed by atoms with E-state index < -0.39 is 11.5 Å². The minimum atomic E-state index is -0.628. The number of benzene rings is 2. The second-order valence-electron chi connectivity index (χ2n) is 12.6. The first-order valence-electron chi connectivity index (χ1n) is 15.8. The highest BCUT2D eigenvalue weighted by Crippen LogP contribution is 2.32. The minimum Gasteiger partial charge on any atom is -0.497 e. The van der Waals surface area contributed by atoms with Crippen LogP contribution in [-0.4, -0.2) is 96.2 Å². The maximum Gasteiger partial charge on any atom is 0.410 e. The summed E-state index contributed by atoms with van der Waals surface area (Å²) in [6.45, 7) is 9.40. The molecule has 12 heteroatoms. The quantitative estimate of drug-likeness (QED) is 0.344. The highest BCUT2D eigenvalue weighted by Gasteiger charge is 2.32. The summed E-state index contributed by atoms with van der Waals surface area (Å²) in [5, 5.41) is 12.4. The Morgan fingerprint density at radius 1 is 1.02 bits per heavy atom. The molecule has 1 saturated heterocycles. The van der Waals surface area contributed by atoms with Crippen LogP contribution in [0.4, 0.5) is 4.79 Å². The molecule has 0 unspecified atom stereocenters. The summed E-state index contributed by atoms with van der Waals surface area (Å²) in [4.78, 5) is 43.6. The normalized spacial score (nSPS) is 15.4. The van der Waals surface area contributed by atoms with Crippen LogP contribution in [0.2, 0.25) is 0 Å². The van der Waals surface area contributed by atoms with Crippen molar-refractivity contribution in [3.63, 3.8) is 0 Å². The molecule has 46 heavy (non-hydrogen) atoms. The zero-order valence-electron chi connectivity index (χ0n) is 27.0. The molecule has 5 rings (SSSR count). The summed E-state index contributed by atoms with van der Waals surface area (Å²) in [5.41, 5.74) is 0.879. The van der Waals surface area contributed by atoms with E-state index in [1.54, 1.807) is 29.9 Å². The van der Waals surface area contributed by atoms with Crippen molar-refractivity contribution in [2.45, 2.75) is 58.3 Å². The molecule has 12 nitrogen and oxygen atoms in total. The fraction of sp³-hybridized carbons (Fsp3) is 0.500. The molecule has 0 atom stereocenters. The maximum atomic E-state index is 13.4. The maximum absolute atomic E-state index is 13.4. The van der Waals surface area contributed by atoms with Crippen molar-refractivity contribution >= 4 is 22.9 Å². The van der Waals surface area contributed by atoms with Crippen molar-refractivity contribution in [3.8, 4) is 17.2 Å². The second-order valence-corrected chi connectivity index (χ2v) is 12.6. The molecule has 1 fully saturated rings. The Morgan fingerprint density at radius 2 is 1.76 bits per heavy atom. The van der Waals surface area contributed by atoms with Gasteiger partial charge in [0, 0.05) is 62.8 Å². The molecule has 0 saturated carbocycles. The molecule has 2 N–H and O–H groups in total. The molecule has 2 amide bonds. The third kappa shape index (κ3) is 7.91. The number of carbonyl (C=O) groups excluding carboxylic acids is 2.